The van der Waals surface area contributed by atoms with Crippen LogP contribution in [0.5, 0.6) is 5.75 Å². The maximum Gasteiger partial charge on any atom is 0.387 e. The lowest BCUT2D eigenvalue weighted by atomic mass is 9.64. The average Bonchev–Trinajstić information content (AvgIpc) is 2.69. The lowest BCUT2D eigenvalue weighted by molar-refractivity contribution is -0.116. The van der Waals surface area contributed by atoms with Gasteiger partial charge in [-0.25, -0.2) is 9.38 Å². The third-order valence-corrected chi connectivity index (χ3v) is 6.11. The van der Waals surface area contributed by atoms with Crippen LogP contribution < -0.4 is 15.8 Å². The number of carbonyl (C=O) groups excluding carboxylic acids is 1. The Bertz CT molecular complexity index is 1010. The van der Waals surface area contributed by atoms with Gasteiger partial charge in [-0.05, 0) is 37.3 Å². The topological polar surface area (TPSA) is 79.9 Å². The highest BCUT2D eigenvalue weighted by Crippen LogP contribution is 2.49. The number of nitrogens with zero attached hydrogens (tertiary/aromatic N) is 2. The lowest BCUT2D eigenvalue weighted by Crippen LogP contribution is -2.61. The summed E-state index contributed by atoms with van der Waals surface area (Å²) < 4.78 is 45.0. The predicted molar refractivity (Wildman–Crippen MR) is 113 cm³/mol. The molecule has 2 unspecified atom stereocenters. The molecule has 1 heterocycles. The molecule has 2 atom stereocenters. The second kappa shape index (κ2) is 8.13. The van der Waals surface area contributed by atoms with Crippen molar-refractivity contribution in [2.45, 2.75) is 39.0 Å². The summed E-state index contributed by atoms with van der Waals surface area (Å²) >= 11 is 0. The van der Waals surface area contributed by atoms with Crippen molar-refractivity contribution in [3.8, 4) is 5.75 Å². The maximum absolute atomic E-state index is 15.0. The van der Waals surface area contributed by atoms with Crippen molar-refractivity contribution >= 4 is 23.6 Å². The van der Waals surface area contributed by atoms with Gasteiger partial charge < -0.3 is 25.5 Å². The molecule has 166 valence electrons. The molecule has 0 amide bonds. The summed E-state index contributed by atoms with van der Waals surface area (Å²) in [6.45, 7) is 2.39. The van der Waals surface area contributed by atoms with Crippen molar-refractivity contribution in [3.63, 3.8) is 0 Å². The van der Waals surface area contributed by atoms with Crippen LogP contribution >= 0.6 is 0 Å². The number of hydrogen-bond acceptors (Lipinski definition) is 6. The van der Waals surface area contributed by atoms with E-state index < -0.39 is 29.4 Å². The Balaban J connectivity index is 2.07. The van der Waals surface area contributed by atoms with E-state index in [9.17, 15) is 13.6 Å². The van der Waals surface area contributed by atoms with Gasteiger partial charge in [-0.3, -0.25) is 0 Å². The number of benzene rings is 2. The zero-order valence-electron chi connectivity index (χ0n) is 17.7. The van der Waals surface area contributed by atoms with E-state index in [4.69, 9.17) is 5.73 Å². The molecule has 0 radical (unpaired) electrons. The first-order chi connectivity index (χ1) is 14.5. The quantitative estimate of drug-likeness (QED) is 0.665. The van der Waals surface area contributed by atoms with Gasteiger partial charge in [-0.15, -0.1) is 0 Å². The number of likely N-dealkylation sites (N-methyl/N-ethyl adjacent to an activating group) is 1. The van der Waals surface area contributed by atoms with Crippen LogP contribution in [0, 0.1) is 11.2 Å². The Hall–Kier alpha value is -3.23. The van der Waals surface area contributed by atoms with Gasteiger partial charge in [0.05, 0.1) is 17.3 Å². The number of halogens is 3. The summed E-state index contributed by atoms with van der Waals surface area (Å²) in [5, 5.41) is 2.99. The number of aliphatic imine (C=N–C) groups is 1. The van der Waals surface area contributed by atoms with Crippen LogP contribution in [-0.4, -0.2) is 36.8 Å². The van der Waals surface area contributed by atoms with Gasteiger partial charge in [0.1, 0.15) is 17.9 Å². The van der Waals surface area contributed by atoms with E-state index in [1.54, 1.807) is 43.1 Å². The molecule has 1 aliphatic rings. The second-order valence-corrected chi connectivity index (χ2v) is 8.15. The van der Waals surface area contributed by atoms with Crippen molar-refractivity contribution in [2.24, 2.45) is 16.1 Å². The Morgan fingerprint density at radius 2 is 1.90 bits per heavy atom. The monoisotopic (exact) mass is 434 g/mol. The number of nitrogens with two attached hydrogens (primary N) is 1. The summed E-state index contributed by atoms with van der Waals surface area (Å²) in [5.41, 5.74) is 5.01. The molecule has 3 rings (SSSR count). The maximum atomic E-state index is 15.0. The second-order valence-electron chi connectivity index (χ2n) is 8.15. The molecule has 1 aliphatic heterocycles. The molecule has 9 heteroatoms. The van der Waals surface area contributed by atoms with Gasteiger partial charge in [0.2, 0.25) is 0 Å². The Kier molecular flexibility index (Phi) is 5.89. The minimum absolute atomic E-state index is 0.0440. The summed E-state index contributed by atoms with van der Waals surface area (Å²) in [6, 6.07) is 9.85. The molecule has 0 aliphatic carbocycles. The van der Waals surface area contributed by atoms with Gasteiger partial charge in [-0.1, -0.05) is 26.0 Å². The normalized spacial score (nSPS) is 22.8. The highest BCUT2D eigenvalue weighted by molar-refractivity contribution is 5.84. The molecule has 3 N–H and O–H groups in total. The molecular weight excluding hydrogens is 409 g/mol. The first-order valence-corrected chi connectivity index (χ1v) is 9.65. The fourth-order valence-corrected chi connectivity index (χ4v) is 3.94. The van der Waals surface area contributed by atoms with Crippen LogP contribution in [0.1, 0.15) is 26.3 Å². The number of rotatable bonds is 6. The third kappa shape index (κ3) is 3.92. The molecule has 0 spiro atoms. The van der Waals surface area contributed by atoms with Crippen LogP contribution in [0.25, 0.3) is 0 Å². The largest absolute Gasteiger partial charge is 0.433 e. The number of carbonyl (C=O) groups is 1. The van der Waals surface area contributed by atoms with E-state index in [0.717, 1.165) is 6.29 Å². The zero-order chi connectivity index (χ0) is 23.0. The third-order valence-electron chi connectivity index (χ3n) is 6.11. The molecule has 0 saturated carbocycles. The van der Waals surface area contributed by atoms with Gasteiger partial charge >= 0.3 is 6.61 Å². The molecule has 31 heavy (non-hydrogen) atoms. The molecule has 0 bridgehead atoms. The van der Waals surface area contributed by atoms with Crippen LogP contribution in [0.3, 0.4) is 0 Å². The number of nitrogens with one attached hydrogen (secondary N) is 1. The van der Waals surface area contributed by atoms with Crippen LogP contribution in [0.15, 0.2) is 47.5 Å². The average molecular weight is 434 g/mol. The first kappa shape index (κ1) is 22.5. The summed E-state index contributed by atoms with van der Waals surface area (Å²) in [4.78, 5) is 18.0. The number of hydrogen-bond donors (Lipinski definition) is 2. The lowest BCUT2D eigenvalue weighted by Gasteiger charge is -2.51. The predicted octanol–water partition coefficient (Wildman–Crippen LogP) is 4.24. The minimum Gasteiger partial charge on any atom is -0.433 e. The smallest absolute Gasteiger partial charge is 0.387 e. The van der Waals surface area contributed by atoms with Crippen molar-refractivity contribution in [1.82, 2.24) is 4.90 Å². The number of guanidine groups is 1. The fraction of sp³-hybridized carbons (Fsp3) is 0.364. The van der Waals surface area contributed by atoms with Crippen LogP contribution in [0.4, 0.5) is 24.5 Å². The van der Waals surface area contributed by atoms with Crippen molar-refractivity contribution in [1.29, 1.82) is 0 Å². The van der Waals surface area contributed by atoms with E-state index in [1.807, 2.05) is 13.8 Å². The van der Waals surface area contributed by atoms with Gasteiger partial charge in [0, 0.05) is 23.7 Å². The zero-order valence-corrected chi connectivity index (χ0v) is 17.7. The highest BCUT2D eigenvalue weighted by atomic mass is 19.3. The number of aldehydes is 1. The number of anilines is 2. The molecule has 0 saturated heterocycles. The van der Waals surface area contributed by atoms with E-state index in [-0.39, 0.29) is 17.3 Å². The molecule has 0 aromatic heterocycles. The summed E-state index contributed by atoms with van der Waals surface area (Å²) in [7, 11) is 1.66. The van der Waals surface area contributed by atoms with Gasteiger partial charge in [0.25, 0.3) is 0 Å². The van der Waals surface area contributed by atoms with Gasteiger partial charge in [-0.2, -0.15) is 8.78 Å². The molecule has 0 fully saturated rings. The molecular formula is C22H25F3N4O2. The van der Waals surface area contributed by atoms with Crippen LogP contribution in [0.2, 0.25) is 0 Å². The molecule has 2 aromatic carbocycles. The molecule has 6 nitrogen and oxygen atoms in total. The van der Waals surface area contributed by atoms with E-state index in [0.29, 0.717) is 11.4 Å². The van der Waals surface area contributed by atoms with Crippen molar-refractivity contribution < 1.29 is 22.7 Å². The number of para-hydroxylation sites is 2. The number of alkyl halides is 2. The van der Waals surface area contributed by atoms with Crippen molar-refractivity contribution in [3.05, 3.63) is 53.8 Å². The van der Waals surface area contributed by atoms with Crippen molar-refractivity contribution in [2.75, 3.05) is 12.4 Å². The standard InChI is InChI=1S/C22H25F3N4O2/c1-21(2)18(12-30)29(4)20(26)28-22(21,3)14-11-13(9-10-15(14)23)27-16-7-5-6-8-17(16)31-19(24)25/h5-12,18-19,27H,1-4H3,(H2,26,28). The molecule has 2 aromatic rings. The SMILES string of the molecule is CN1C(N)=NC(C)(c2cc(Nc3ccccc3OC(F)F)ccc2F)C(C)(C)C1C=O. The first-order valence-electron chi connectivity index (χ1n) is 9.65. The minimum atomic E-state index is -2.98. The van der Waals surface area contributed by atoms with E-state index in [2.05, 4.69) is 15.0 Å². The van der Waals surface area contributed by atoms with E-state index in [1.165, 1.54) is 18.2 Å². The van der Waals surface area contributed by atoms with Crippen LogP contribution in [-0.2, 0) is 10.3 Å². The summed E-state index contributed by atoms with van der Waals surface area (Å²) in [6.07, 6.45) is 0.776. The Labute approximate surface area is 178 Å². The Morgan fingerprint density at radius 3 is 2.55 bits per heavy atom. The Morgan fingerprint density at radius 1 is 1.23 bits per heavy atom. The number of ether oxygens (including phenoxy) is 1. The highest BCUT2D eigenvalue weighted by Gasteiger charge is 2.53. The summed E-state index contributed by atoms with van der Waals surface area (Å²) in [5.74, 6) is -0.450. The van der Waals surface area contributed by atoms with Gasteiger partial charge in [0.15, 0.2) is 5.96 Å². The fourth-order valence-electron chi connectivity index (χ4n) is 3.94. The van der Waals surface area contributed by atoms with E-state index >= 15 is 4.39 Å².